The molecule has 0 saturated carbocycles. The lowest BCUT2D eigenvalue weighted by Crippen LogP contribution is -2.06. The van der Waals surface area contributed by atoms with Gasteiger partial charge in [-0.3, -0.25) is 9.78 Å². The summed E-state index contributed by atoms with van der Waals surface area (Å²) in [6.07, 6.45) is 1.29. The molecular weight excluding hydrogens is 323 g/mol. The summed E-state index contributed by atoms with van der Waals surface area (Å²) in [6, 6.07) is 4.91. The third kappa shape index (κ3) is 3.15. The molecular formula is C13H9Cl3N2O2. The highest BCUT2D eigenvalue weighted by Gasteiger charge is 2.11. The van der Waals surface area contributed by atoms with Gasteiger partial charge in [0.1, 0.15) is 0 Å². The number of hydrogen-bond acceptors (Lipinski definition) is 3. The molecule has 1 heterocycles. The monoisotopic (exact) mass is 330 g/mol. The lowest BCUT2D eigenvalue weighted by molar-refractivity contribution is -0.136. The van der Waals surface area contributed by atoms with Crippen LogP contribution < -0.4 is 5.73 Å². The van der Waals surface area contributed by atoms with E-state index < -0.39 is 5.97 Å². The van der Waals surface area contributed by atoms with Crippen LogP contribution in [0.3, 0.4) is 0 Å². The summed E-state index contributed by atoms with van der Waals surface area (Å²) in [5.41, 5.74) is 7.78. The molecule has 2 aromatic rings. The standard InChI is InChI=1S/C13H9Cl3N2O2/c14-8-1-6(2-9(15)13(8)16)7-3-10(17)11(18-5-7)4-12(19)20/h1-3,5H,4,17H2,(H,19,20). The van der Waals surface area contributed by atoms with Crippen molar-refractivity contribution in [3.63, 3.8) is 0 Å². The number of carboxylic acid groups (broad SMARTS) is 1. The van der Waals surface area contributed by atoms with Crippen LogP contribution in [0.15, 0.2) is 24.4 Å². The van der Waals surface area contributed by atoms with Gasteiger partial charge in [-0.2, -0.15) is 0 Å². The van der Waals surface area contributed by atoms with Crippen LogP contribution in [0.5, 0.6) is 0 Å². The van der Waals surface area contributed by atoms with Gasteiger partial charge in [0, 0.05) is 11.8 Å². The van der Waals surface area contributed by atoms with E-state index in [4.69, 9.17) is 45.6 Å². The number of rotatable bonds is 3. The number of carboxylic acids is 1. The lowest BCUT2D eigenvalue weighted by Gasteiger charge is -2.08. The number of nitrogens with two attached hydrogens (primary N) is 1. The number of nitrogens with zero attached hydrogens (tertiary/aromatic N) is 1. The van der Waals surface area contributed by atoms with E-state index in [2.05, 4.69) is 4.98 Å². The lowest BCUT2D eigenvalue weighted by atomic mass is 10.1. The smallest absolute Gasteiger partial charge is 0.309 e. The van der Waals surface area contributed by atoms with Gasteiger partial charge in [0.05, 0.1) is 32.9 Å². The van der Waals surface area contributed by atoms with Gasteiger partial charge in [-0.25, -0.2) is 0 Å². The molecule has 104 valence electrons. The second-order valence-electron chi connectivity index (χ2n) is 4.08. The Morgan fingerprint density at radius 2 is 1.75 bits per heavy atom. The SMILES string of the molecule is Nc1cc(-c2cc(Cl)c(Cl)c(Cl)c2)cnc1CC(=O)O. The summed E-state index contributed by atoms with van der Waals surface area (Å²) in [5.74, 6) is -0.991. The van der Waals surface area contributed by atoms with Crippen molar-refractivity contribution >= 4 is 46.5 Å². The summed E-state index contributed by atoms with van der Waals surface area (Å²) < 4.78 is 0. The Balaban J connectivity index is 2.44. The Labute approximate surface area is 130 Å². The maximum absolute atomic E-state index is 10.7. The Morgan fingerprint density at radius 3 is 2.25 bits per heavy atom. The largest absolute Gasteiger partial charge is 0.481 e. The Hall–Kier alpha value is -1.49. The zero-order chi connectivity index (χ0) is 14.9. The Kier molecular flexibility index (Phi) is 4.38. The van der Waals surface area contributed by atoms with Crippen LogP contribution in [-0.4, -0.2) is 16.1 Å². The van der Waals surface area contributed by atoms with Gasteiger partial charge < -0.3 is 10.8 Å². The van der Waals surface area contributed by atoms with Crippen LogP contribution in [0.4, 0.5) is 5.69 Å². The topological polar surface area (TPSA) is 76.2 Å². The fourth-order valence-corrected chi connectivity index (χ4v) is 2.28. The van der Waals surface area contributed by atoms with Crippen molar-refractivity contribution in [1.29, 1.82) is 0 Å². The number of nitrogen functional groups attached to an aromatic ring is 1. The summed E-state index contributed by atoms with van der Waals surface area (Å²) in [5, 5.41) is 9.66. The predicted molar refractivity (Wildman–Crippen MR) is 80.5 cm³/mol. The molecule has 0 bridgehead atoms. The Bertz CT molecular complexity index is 666. The molecule has 0 atom stereocenters. The highest BCUT2D eigenvalue weighted by molar-refractivity contribution is 6.48. The first-order chi connectivity index (χ1) is 9.38. The molecule has 1 aromatic carbocycles. The van der Waals surface area contributed by atoms with Crippen molar-refractivity contribution in [1.82, 2.24) is 4.98 Å². The molecule has 0 unspecified atom stereocenters. The maximum atomic E-state index is 10.7. The van der Waals surface area contributed by atoms with Crippen molar-refractivity contribution in [3.05, 3.63) is 45.2 Å². The predicted octanol–water partition coefficient (Wildman–Crippen LogP) is 3.92. The van der Waals surface area contributed by atoms with Crippen LogP contribution >= 0.6 is 34.8 Å². The van der Waals surface area contributed by atoms with Crippen LogP contribution in [0.2, 0.25) is 15.1 Å². The second kappa shape index (κ2) is 5.87. The number of aliphatic carboxylic acids is 1. The summed E-state index contributed by atoms with van der Waals surface area (Å²) >= 11 is 17.8. The summed E-state index contributed by atoms with van der Waals surface area (Å²) in [7, 11) is 0. The molecule has 0 aliphatic rings. The van der Waals surface area contributed by atoms with Gasteiger partial charge in [0.15, 0.2) is 0 Å². The van der Waals surface area contributed by atoms with Gasteiger partial charge >= 0.3 is 5.97 Å². The molecule has 0 fully saturated rings. The molecule has 0 radical (unpaired) electrons. The molecule has 7 heteroatoms. The van der Waals surface area contributed by atoms with Gasteiger partial charge in [-0.05, 0) is 23.8 Å². The molecule has 0 amide bonds. The van der Waals surface area contributed by atoms with Crippen molar-refractivity contribution < 1.29 is 9.90 Å². The van der Waals surface area contributed by atoms with Crippen molar-refractivity contribution in [3.8, 4) is 11.1 Å². The number of hydrogen-bond donors (Lipinski definition) is 2. The van der Waals surface area contributed by atoms with E-state index in [9.17, 15) is 4.79 Å². The van der Waals surface area contributed by atoms with Crippen molar-refractivity contribution in [2.45, 2.75) is 6.42 Å². The molecule has 2 rings (SSSR count). The second-order valence-corrected chi connectivity index (χ2v) is 5.28. The van der Waals surface area contributed by atoms with E-state index >= 15 is 0 Å². The quantitative estimate of drug-likeness (QED) is 0.836. The molecule has 1 aromatic heterocycles. The van der Waals surface area contributed by atoms with Gasteiger partial charge in [0.2, 0.25) is 0 Å². The first-order valence-electron chi connectivity index (χ1n) is 5.49. The third-order valence-electron chi connectivity index (χ3n) is 2.64. The van der Waals surface area contributed by atoms with Gasteiger partial charge in [0.25, 0.3) is 0 Å². The minimum Gasteiger partial charge on any atom is -0.481 e. The number of halogens is 3. The highest BCUT2D eigenvalue weighted by atomic mass is 35.5. The zero-order valence-corrected chi connectivity index (χ0v) is 12.3. The highest BCUT2D eigenvalue weighted by Crippen LogP contribution is 2.35. The van der Waals surface area contributed by atoms with Crippen molar-refractivity contribution in [2.75, 3.05) is 5.73 Å². The fraction of sp³-hybridized carbons (Fsp3) is 0.0769. The van der Waals surface area contributed by atoms with Crippen LogP contribution in [-0.2, 0) is 11.2 Å². The molecule has 0 aliphatic heterocycles. The van der Waals surface area contributed by atoms with E-state index in [0.717, 1.165) is 0 Å². The molecule has 0 aliphatic carbocycles. The van der Waals surface area contributed by atoms with E-state index in [1.54, 1.807) is 18.2 Å². The fourth-order valence-electron chi connectivity index (χ4n) is 1.68. The summed E-state index contributed by atoms with van der Waals surface area (Å²) in [4.78, 5) is 14.7. The number of benzene rings is 1. The number of pyridine rings is 1. The molecule has 3 N–H and O–H groups in total. The molecule has 4 nitrogen and oxygen atoms in total. The van der Waals surface area contributed by atoms with E-state index in [0.29, 0.717) is 32.6 Å². The number of aromatic nitrogens is 1. The number of carbonyl (C=O) groups is 1. The van der Waals surface area contributed by atoms with Gasteiger partial charge in [-0.1, -0.05) is 34.8 Å². The van der Waals surface area contributed by atoms with Crippen molar-refractivity contribution in [2.24, 2.45) is 0 Å². The van der Waals surface area contributed by atoms with E-state index in [1.807, 2.05) is 0 Å². The average Bonchev–Trinajstić information content (AvgIpc) is 2.37. The van der Waals surface area contributed by atoms with E-state index in [1.165, 1.54) is 6.20 Å². The zero-order valence-electron chi connectivity index (χ0n) is 10.0. The van der Waals surface area contributed by atoms with Gasteiger partial charge in [-0.15, -0.1) is 0 Å². The summed E-state index contributed by atoms with van der Waals surface area (Å²) in [6.45, 7) is 0. The average molecular weight is 332 g/mol. The minimum atomic E-state index is -0.991. The molecule has 20 heavy (non-hydrogen) atoms. The van der Waals surface area contributed by atoms with Crippen LogP contribution in [0.25, 0.3) is 11.1 Å². The van der Waals surface area contributed by atoms with E-state index in [-0.39, 0.29) is 11.4 Å². The minimum absolute atomic E-state index is 0.228. The van der Waals surface area contributed by atoms with Crippen LogP contribution in [0, 0.1) is 0 Å². The maximum Gasteiger partial charge on any atom is 0.309 e. The number of anilines is 1. The normalized spacial score (nSPS) is 10.6. The third-order valence-corrected chi connectivity index (χ3v) is 3.84. The first-order valence-corrected chi connectivity index (χ1v) is 6.63. The molecule has 0 spiro atoms. The molecule has 0 saturated heterocycles. The van der Waals surface area contributed by atoms with Crippen LogP contribution in [0.1, 0.15) is 5.69 Å². The first kappa shape index (κ1) is 14.9. The Morgan fingerprint density at radius 1 is 1.15 bits per heavy atom.